The molecule has 88 valence electrons. The van der Waals surface area contributed by atoms with Crippen LogP contribution in [0.25, 0.3) is 0 Å². The van der Waals surface area contributed by atoms with Gasteiger partial charge in [-0.25, -0.2) is 0 Å². The Bertz CT molecular complexity index is 493. The molecule has 1 aromatic carbocycles. The van der Waals surface area contributed by atoms with E-state index in [2.05, 4.69) is 12.1 Å². The van der Waals surface area contributed by atoms with Crippen LogP contribution in [-0.4, -0.2) is 8.32 Å². The van der Waals surface area contributed by atoms with E-state index in [0.717, 1.165) is 5.56 Å². The maximum atomic E-state index is 9.33. The summed E-state index contributed by atoms with van der Waals surface area (Å²) < 4.78 is 5.93. The number of hydrogen-bond donors (Lipinski definition) is 0. The summed E-state index contributed by atoms with van der Waals surface area (Å²) in [6.45, 7) is 7.87. The number of nitrogens with zero attached hydrogens (tertiary/aromatic N) is 2. The van der Waals surface area contributed by atoms with Crippen molar-refractivity contribution in [3.63, 3.8) is 0 Å². The van der Waals surface area contributed by atoms with E-state index in [0.29, 0.717) is 5.56 Å². The molecule has 1 rings (SSSR count). The summed E-state index contributed by atoms with van der Waals surface area (Å²) >= 11 is 0. The summed E-state index contributed by atoms with van der Waals surface area (Å²) in [6.07, 6.45) is 0. The van der Waals surface area contributed by atoms with Gasteiger partial charge in [0.1, 0.15) is 6.07 Å². The first-order chi connectivity index (χ1) is 7.80. The molecule has 0 aliphatic rings. The molecule has 0 saturated carbocycles. The van der Waals surface area contributed by atoms with Crippen LogP contribution in [0.4, 0.5) is 0 Å². The van der Waals surface area contributed by atoms with Crippen LogP contribution in [0.1, 0.15) is 18.1 Å². The van der Waals surface area contributed by atoms with Crippen molar-refractivity contribution in [2.75, 3.05) is 0 Å². The third kappa shape index (κ3) is 3.42. The van der Waals surface area contributed by atoms with E-state index < -0.39 is 13.9 Å². The fraction of sp³-hybridized carbons (Fsp3) is 0.385. The van der Waals surface area contributed by atoms with Crippen LogP contribution in [-0.2, 0) is 10.0 Å². The average Bonchev–Trinajstić information content (AvgIpc) is 2.27. The molecule has 0 amide bonds. The Morgan fingerprint density at radius 2 is 1.88 bits per heavy atom. The Labute approximate surface area is 103 Å². The van der Waals surface area contributed by atoms with E-state index in [-0.39, 0.29) is 0 Å². The molecule has 0 spiro atoms. The first-order valence-corrected chi connectivity index (χ1v) is 8.84. The lowest BCUT2D eigenvalue weighted by molar-refractivity contribution is 0.141. The number of nitriles is 2. The molecule has 0 fully saturated rings. The summed E-state index contributed by atoms with van der Waals surface area (Å²) in [6, 6.07) is 11.3. The van der Waals surface area contributed by atoms with Crippen LogP contribution in [0.5, 0.6) is 0 Å². The maximum Gasteiger partial charge on any atom is 0.186 e. The second-order valence-corrected chi connectivity index (χ2v) is 9.48. The lowest BCUT2D eigenvalue weighted by Crippen LogP contribution is -2.37. The van der Waals surface area contributed by atoms with Gasteiger partial charge in [-0.2, -0.15) is 10.5 Å². The van der Waals surface area contributed by atoms with Gasteiger partial charge in [0, 0.05) is 0 Å². The molecule has 0 aliphatic carbocycles. The summed E-state index contributed by atoms with van der Waals surface area (Å²) in [5.41, 5.74) is 0.307. The van der Waals surface area contributed by atoms with Gasteiger partial charge in [0.2, 0.25) is 0 Å². The third-order valence-corrected chi connectivity index (χ3v) is 3.29. The van der Waals surface area contributed by atoms with E-state index in [4.69, 9.17) is 9.69 Å². The number of rotatable bonds is 3. The predicted molar refractivity (Wildman–Crippen MR) is 68.6 cm³/mol. The molecular weight excluding hydrogens is 228 g/mol. The molecule has 0 radical (unpaired) electrons. The van der Waals surface area contributed by atoms with Crippen molar-refractivity contribution in [2.45, 2.75) is 32.2 Å². The van der Waals surface area contributed by atoms with Gasteiger partial charge >= 0.3 is 0 Å². The van der Waals surface area contributed by atoms with Gasteiger partial charge in [-0.3, -0.25) is 0 Å². The molecule has 0 saturated heterocycles. The highest BCUT2D eigenvalue weighted by atomic mass is 28.4. The van der Waals surface area contributed by atoms with Crippen LogP contribution >= 0.6 is 0 Å². The van der Waals surface area contributed by atoms with Gasteiger partial charge < -0.3 is 4.43 Å². The summed E-state index contributed by atoms with van der Waals surface area (Å²) in [7, 11) is -1.83. The number of benzene rings is 1. The number of hydrogen-bond acceptors (Lipinski definition) is 3. The van der Waals surface area contributed by atoms with E-state index >= 15 is 0 Å². The summed E-state index contributed by atoms with van der Waals surface area (Å²) in [5, 5.41) is 18.2. The quantitative estimate of drug-likeness (QED) is 0.767. The van der Waals surface area contributed by atoms with E-state index in [1.54, 1.807) is 25.1 Å². The Hall–Kier alpha value is -1.62. The minimum absolute atomic E-state index is 0.545. The average molecular weight is 244 g/mol. The molecule has 3 nitrogen and oxygen atoms in total. The minimum Gasteiger partial charge on any atom is -0.397 e. The fourth-order valence-corrected chi connectivity index (χ4v) is 3.03. The zero-order valence-electron chi connectivity index (χ0n) is 10.6. The standard InChI is InChI=1S/C13H16N2OSi/c1-13(10-15,16-17(2,3)4)12-7-5-6-11(8-12)9-14/h5-8H,1-4H3/t13-/m1/s1. The molecular formula is C13H16N2OSi. The highest BCUT2D eigenvalue weighted by Gasteiger charge is 2.33. The van der Waals surface area contributed by atoms with Gasteiger partial charge in [-0.1, -0.05) is 12.1 Å². The molecule has 1 aromatic rings. The molecule has 0 heterocycles. The topological polar surface area (TPSA) is 56.8 Å². The Kier molecular flexibility index (Phi) is 3.72. The first-order valence-electron chi connectivity index (χ1n) is 5.43. The van der Waals surface area contributed by atoms with Crippen molar-refractivity contribution >= 4 is 8.32 Å². The molecule has 0 bridgehead atoms. The largest absolute Gasteiger partial charge is 0.397 e. The predicted octanol–water partition coefficient (Wildman–Crippen LogP) is 3.15. The summed E-state index contributed by atoms with van der Waals surface area (Å²) in [4.78, 5) is 0. The van der Waals surface area contributed by atoms with Crippen molar-refractivity contribution in [3.8, 4) is 12.1 Å². The third-order valence-electron chi connectivity index (χ3n) is 2.27. The van der Waals surface area contributed by atoms with Crippen LogP contribution in [0.3, 0.4) is 0 Å². The Morgan fingerprint density at radius 1 is 1.24 bits per heavy atom. The molecule has 4 heteroatoms. The molecule has 0 N–H and O–H groups in total. The smallest absolute Gasteiger partial charge is 0.186 e. The highest BCUT2D eigenvalue weighted by molar-refractivity contribution is 6.69. The lowest BCUT2D eigenvalue weighted by Gasteiger charge is -2.30. The second-order valence-electron chi connectivity index (χ2n) is 5.05. The van der Waals surface area contributed by atoms with Gasteiger partial charge in [-0.15, -0.1) is 0 Å². The molecule has 1 atom stereocenters. The highest BCUT2D eigenvalue weighted by Crippen LogP contribution is 2.28. The van der Waals surface area contributed by atoms with Crippen LogP contribution in [0, 0.1) is 22.7 Å². The second kappa shape index (κ2) is 4.71. The van der Waals surface area contributed by atoms with E-state index in [1.165, 1.54) is 0 Å². The Balaban J connectivity index is 3.18. The van der Waals surface area contributed by atoms with Crippen LogP contribution in [0.15, 0.2) is 24.3 Å². The normalized spacial score (nSPS) is 14.5. The summed E-state index contributed by atoms with van der Waals surface area (Å²) in [5.74, 6) is 0. The molecule has 0 aliphatic heterocycles. The van der Waals surface area contributed by atoms with Crippen molar-refractivity contribution in [2.24, 2.45) is 0 Å². The lowest BCUT2D eigenvalue weighted by atomic mass is 9.96. The zero-order chi connectivity index (χ0) is 13.1. The van der Waals surface area contributed by atoms with Crippen molar-refractivity contribution in [1.29, 1.82) is 10.5 Å². The van der Waals surface area contributed by atoms with Crippen molar-refractivity contribution in [3.05, 3.63) is 35.4 Å². The minimum atomic E-state index is -1.83. The first kappa shape index (κ1) is 13.4. The zero-order valence-corrected chi connectivity index (χ0v) is 11.6. The van der Waals surface area contributed by atoms with Crippen LogP contribution < -0.4 is 0 Å². The monoisotopic (exact) mass is 244 g/mol. The van der Waals surface area contributed by atoms with Gasteiger partial charge in [0.25, 0.3) is 0 Å². The van der Waals surface area contributed by atoms with Crippen molar-refractivity contribution in [1.82, 2.24) is 0 Å². The van der Waals surface area contributed by atoms with E-state index in [9.17, 15) is 5.26 Å². The fourth-order valence-electron chi connectivity index (χ4n) is 1.64. The SMILES string of the molecule is C[C@](C#N)(O[Si](C)(C)C)c1cccc(C#N)c1. The maximum absolute atomic E-state index is 9.33. The molecule has 0 unspecified atom stereocenters. The molecule has 0 aromatic heterocycles. The van der Waals surface area contributed by atoms with Gasteiger partial charge in [0.05, 0.1) is 11.6 Å². The van der Waals surface area contributed by atoms with Crippen LogP contribution in [0.2, 0.25) is 19.6 Å². The molecule has 17 heavy (non-hydrogen) atoms. The van der Waals surface area contributed by atoms with E-state index in [1.807, 2.05) is 25.7 Å². The van der Waals surface area contributed by atoms with Gasteiger partial charge in [0.15, 0.2) is 13.9 Å². The van der Waals surface area contributed by atoms with Gasteiger partial charge in [-0.05, 0) is 44.3 Å². The Morgan fingerprint density at radius 3 is 2.35 bits per heavy atom. The van der Waals surface area contributed by atoms with Crippen molar-refractivity contribution < 1.29 is 4.43 Å².